The zero-order valence-electron chi connectivity index (χ0n) is 8.45. The molecular weight excluding hydrogens is 289 g/mol. The van der Waals surface area contributed by atoms with E-state index in [1.807, 2.05) is 0 Å². The maximum Gasteiger partial charge on any atom is 0.106 e. The van der Waals surface area contributed by atoms with Gasteiger partial charge in [-0.15, -0.1) is 0 Å². The molecular formula is C11H16INO. The third-order valence-corrected chi connectivity index (χ3v) is 6.14. The first-order valence-corrected chi connectivity index (χ1v) is 6.79. The Hall–Kier alpha value is 0.200. The predicted octanol–water partition coefficient (Wildman–Crippen LogP) is 2.86. The largest absolute Gasteiger partial charge is 0.399 e. The van der Waals surface area contributed by atoms with Crippen molar-refractivity contribution in [1.82, 2.24) is 0 Å². The number of hydrogen-bond acceptors (Lipinski definition) is 2. The molecule has 78 valence electrons. The van der Waals surface area contributed by atoms with E-state index < -0.39 is 0 Å². The van der Waals surface area contributed by atoms with Crippen LogP contribution in [0, 0.1) is 23.7 Å². The lowest BCUT2D eigenvalue weighted by molar-refractivity contribution is 0.110. The summed E-state index contributed by atoms with van der Waals surface area (Å²) in [6, 6.07) is 0. The van der Waals surface area contributed by atoms with E-state index >= 15 is 0 Å². The second-order valence-electron chi connectivity index (χ2n) is 5.02. The standard InChI is InChI=1S/C11H16INO/c1-14-13-11-8-3-6-2-7(5-8)10(12)9(11)4-6/h6-10H,2-5H2,1H3/b13-11+/t6?,7?,8?,9?,10-/m0/s1. The molecule has 0 aromatic heterocycles. The molecule has 4 bridgehead atoms. The van der Waals surface area contributed by atoms with E-state index in [2.05, 4.69) is 27.7 Å². The molecule has 0 aromatic rings. The van der Waals surface area contributed by atoms with Crippen LogP contribution in [0.25, 0.3) is 0 Å². The molecule has 0 aliphatic heterocycles. The van der Waals surface area contributed by atoms with Gasteiger partial charge in [-0.3, -0.25) is 0 Å². The van der Waals surface area contributed by atoms with Crippen LogP contribution in [0.3, 0.4) is 0 Å². The van der Waals surface area contributed by atoms with Gasteiger partial charge in [0.05, 0.1) is 5.71 Å². The Labute approximate surface area is 98.6 Å². The average Bonchev–Trinajstić information content (AvgIpc) is 2.18. The highest BCUT2D eigenvalue weighted by molar-refractivity contribution is 14.1. The summed E-state index contributed by atoms with van der Waals surface area (Å²) >= 11 is 2.65. The third-order valence-electron chi connectivity index (χ3n) is 4.26. The molecule has 0 aromatic carbocycles. The molecule has 14 heavy (non-hydrogen) atoms. The van der Waals surface area contributed by atoms with Crippen LogP contribution >= 0.6 is 22.6 Å². The van der Waals surface area contributed by atoms with Crippen molar-refractivity contribution < 1.29 is 4.84 Å². The topological polar surface area (TPSA) is 21.6 Å². The minimum Gasteiger partial charge on any atom is -0.399 e. The lowest BCUT2D eigenvalue weighted by Gasteiger charge is -2.52. The van der Waals surface area contributed by atoms with Crippen molar-refractivity contribution in [2.75, 3.05) is 7.11 Å². The number of nitrogens with zero attached hydrogens (tertiary/aromatic N) is 1. The maximum atomic E-state index is 5.00. The Morgan fingerprint density at radius 2 is 2.14 bits per heavy atom. The van der Waals surface area contributed by atoms with Crippen molar-refractivity contribution in [1.29, 1.82) is 0 Å². The maximum absolute atomic E-state index is 5.00. The van der Waals surface area contributed by atoms with E-state index in [0.717, 1.165) is 27.6 Å². The van der Waals surface area contributed by atoms with Gasteiger partial charge in [-0.1, -0.05) is 27.7 Å². The monoisotopic (exact) mass is 305 g/mol. The second kappa shape index (κ2) is 3.35. The molecule has 2 nitrogen and oxygen atoms in total. The van der Waals surface area contributed by atoms with E-state index in [0.29, 0.717) is 0 Å². The van der Waals surface area contributed by atoms with E-state index in [1.165, 1.54) is 31.4 Å². The average molecular weight is 305 g/mol. The molecule has 4 unspecified atom stereocenters. The summed E-state index contributed by atoms with van der Waals surface area (Å²) in [7, 11) is 1.68. The molecule has 4 aliphatic rings. The molecule has 4 rings (SSSR count). The fourth-order valence-corrected chi connectivity index (χ4v) is 5.08. The first kappa shape index (κ1) is 9.43. The van der Waals surface area contributed by atoms with Crippen LogP contribution < -0.4 is 0 Å². The van der Waals surface area contributed by atoms with Gasteiger partial charge in [-0.05, 0) is 37.5 Å². The fraction of sp³-hybridized carbons (Fsp3) is 0.909. The SMILES string of the molecule is CO/N=C1\C2CC3CC(C2)[C@H](I)C1C3. The number of oxime groups is 1. The van der Waals surface area contributed by atoms with Crippen molar-refractivity contribution in [3.63, 3.8) is 0 Å². The number of alkyl halides is 1. The van der Waals surface area contributed by atoms with Gasteiger partial charge < -0.3 is 4.84 Å². The molecule has 0 heterocycles. The molecule has 0 amide bonds. The van der Waals surface area contributed by atoms with Gasteiger partial charge in [-0.25, -0.2) is 0 Å². The van der Waals surface area contributed by atoms with Crippen LogP contribution in [0.4, 0.5) is 0 Å². The van der Waals surface area contributed by atoms with Crippen molar-refractivity contribution in [2.24, 2.45) is 28.8 Å². The van der Waals surface area contributed by atoms with Crippen LogP contribution in [0.1, 0.15) is 25.7 Å². The minimum atomic E-state index is 0.742. The van der Waals surface area contributed by atoms with Crippen LogP contribution in [0.5, 0.6) is 0 Å². The first-order valence-electron chi connectivity index (χ1n) is 5.54. The highest BCUT2D eigenvalue weighted by Gasteiger charge is 2.51. The van der Waals surface area contributed by atoms with Gasteiger partial charge in [0.2, 0.25) is 0 Å². The normalized spacial score (nSPS) is 52.7. The quantitative estimate of drug-likeness (QED) is 0.415. The second-order valence-corrected chi connectivity index (χ2v) is 6.45. The van der Waals surface area contributed by atoms with Crippen LogP contribution in [-0.2, 0) is 4.84 Å². The molecule has 4 saturated carbocycles. The number of halogens is 1. The van der Waals surface area contributed by atoms with Crippen LogP contribution in [0.15, 0.2) is 5.16 Å². The van der Waals surface area contributed by atoms with Gasteiger partial charge in [0, 0.05) is 15.8 Å². The van der Waals surface area contributed by atoms with E-state index in [-0.39, 0.29) is 0 Å². The zero-order valence-corrected chi connectivity index (χ0v) is 10.6. The molecule has 3 heteroatoms. The summed E-state index contributed by atoms with van der Waals surface area (Å²) in [5.74, 6) is 3.50. The van der Waals surface area contributed by atoms with Crippen LogP contribution in [-0.4, -0.2) is 16.7 Å². The smallest absolute Gasteiger partial charge is 0.106 e. The highest BCUT2D eigenvalue weighted by atomic mass is 127. The molecule has 5 atom stereocenters. The zero-order chi connectivity index (χ0) is 9.71. The molecule has 4 fully saturated rings. The molecule has 0 N–H and O–H groups in total. The molecule has 0 saturated heterocycles. The van der Waals surface area contributed by atoms with E-state index in [4.69, 9.17) is 4.84 Å². The van der Waals surface area contributed by atoms with Crippen molar-refractivity contribution >= 4 is 28.3 Å². The Balaban J connectivity index is 1.93. The predicted molar refractivity (Wildman–Crippen MR) is 64.7 cm³/mol. The van der Waals surface area contributed by atoms with Crippen LogP contribution in [0.2, 0.25) is 0 Å². The summed E-state index contributed by atoms with van der Waals surface area (Å²) < 4.78 is 0.828. The lowest BCUT2D eigenvalue weighted by atomic mass is 9.55. The number of hydrogen-bond donors (Lipinski definition) is 0. The Kier molecular flexibility index (Phi) is 2.26. The van der Waals surface area contributed by atoms with Gasteiger partial charge in [0.1, 0.15) is 7.11 Å². The summed E-state index contributed by atoms with van der Waals surface area (Å²) in [4.78, 5) is 5.00. The Morgan fingerprint density at radius 3 is 2.93 bits per heavy atom. The highest BCUT2D eigenvalue weighted by Crippen LogP contribution is 2.54. The summed E-state index contributed by atoms with van der Waals surface area (Å²) in [5.41, 5.74) is 1.39. The molecule has 4 aliphatic carbocycles. The van der Waals surface area contributed by atoms with E-state index in [1.54, 1.807) is 7.11 Å². The number of rotatable bonds is 1. The fourth-order valence-electron chi connectivity index (χ4n) is 3.83. The Bertz CT molecular complexity index is 278. The molecule has 0 spiro atoms. The van der Waals surface area contributed by atoms with Crippen molar-refractivity contribution in [2.45, 2.75) is 29.6 Å². The van der Waals surface area contributed by atoms with Gasteiger partial charge in [0.15, 0.2) is 0 Å². The van der Waals surface area contributed by atoms with Crippen molar-refractivity contribution in [3.8, 4) is 0 Å². The lowest BCUT2D eigenvalue weighted by Crippen LogP contribution is -2.51. The van der Waals surface area contributed by atoms with Gasteiger partial charge in [0.25, 0.3) is 0 Å². The van der Waals surface area contributed by atoms with Crippen molar-refractivity contribution in [3.05, 3.63) is 0 Å². The molecule has 0 radical (unpaired) electrons. The summed E-state index contributed by atoms with van der Waals surface area (Å²) in [5, 5.41) is 4.29. The minimum absolute atomic E-state index is 0.742. The van der Waals surface area contributed by atoms with E-state index in [9.17, 15) is 0 Å². The first-order chi connectivity index (χ1) is 6.79. The summed E-state index contributed by atoms with van der Waals surface area (Å²) in [6.45, 7) is 0. The Morgan fingerprint density at radius 1 is 1.29 bits per heavy atom. The third kappa shape index (κ3) is 1.24. The van der Waals surface area contributed by atoms with Gasteiger partial charge >= 0.3 is 0 Å². The van der Waals surface area contributed by atoms with Gasteiger partial charge in [-0.2, -0.15) is 0 Å². The summed E-state index contributed by atoms with van der Waals surface area (Å²) in [6.07, 6.45) is 5.63.